The van der Waals surface area contributed by atoms with Crippen molar-refractivity contribution in [1.29, 1.82) is 0 Å². The highest BCUT2D eigenvalue weighted by Crippen LogP contribution is 2.49. The van der Waals surface area contributed by atoms with Gasteiger partial charge in [0, 0.05) is 23.1 Å². The molecule has 3 aromatic carbocycles. The summed E-state index contributed by atoms with van der Waals surface area (Å²) in [5, 5.41) is 16.0. The summed E-state index contributed by atoms with van der Waals surface area (Å²) in [7, 11) is 1.63. The van der Waals surface area contributed by atoms with Crippen LogP contribution in [0.5, 0.6) is 5.75 Å². The fraction of sp³-hybridized carbons (Fsp3) is 0.208. The summed E-state index contributed by atoms with van der Waals surface area (Å²) >= 11 is 6.02. The highest BCUT2D eigenvalue weighted by Gasteiger charge is 2.43. The lowest BCUT2D eigenvalue weighted by atomic mass is 10.0. The number of nitro benzene ring substituents is 1. The molecule has 158 valence electrons. The molecule has 0 aliphatic heterocycles. The van der Waals surface area contributed by atoms with Gasteiger partial charge >= 0.3 is 0 Å². The summed E-state index contributed by atoms with van der Waals surface area (Å²) in [5.74, 6) is 1.38. The van der Waals surface area contributed by atoms with Gasteiger partial charge in [0.25, 0.3) is 5.69 Å². The number of hydrogen-bond acceptors (Lipinski definition) is 5. The first kappa shape index (κ1) is 20.9. The Morgan fingerprint density at radius 3 is 2.35 bits per heavy atom. The molecule has 3 aromatic rings. The van der Waals surface area contributed by atoms with Crippen LogP contribution in [0.4, 0.5) is 5.69 Å². The average Bonchev–Trinajstić information content (AvgIpc) is 3.58. The van der Waals surface area contributed by atoms with E-state index in [-0.39, 0.29) is 18.2 Å². The number of methoxy groups -OCH3 is 1. The van der Waals surface area contributed by atoms with Gasteiger partial charge in [0.15, 0.2) is 0 Å². The predicted molar refractivity (Wildman–Crippen MR) is 120 cm³/mol. The quantitative estimate of drug-likeness (QED) is 0.247. The molecule has 1 saturated carbocycles. The summed E-state index contributed by atoms with van der Waals surface area (Å²) < 4.78 is 5.26. The van der Waals surface area contributed by atoms with E-state index in [2.05, 4.69) is 17.3 Å². The lowest BCUT2D eigenvalue weighted by Gasteiger charge is -2.09. The summed E-state index contributed by atoms with van der Waals surface area (Å²) in [6.07, 6.45) is 0.980. The Hall–Kier alpha value is -3.38. The van der Waals surface area contributed by atoms with Crippen LogP contribution < -0.4 is 4.74 Å². The van der Waals surface area contributed by atoms with Crippen LogP contribution in [0.15, 0.2) is 78.0 Å². The number of non-ortho nitro benzene ring substituents is 1. The maximum absolute atomic E-state index is 10.8. The van der Waals surface area contributed by atoms with Crippen molar-refractivity contribution in [3.8, 4) is 5.75 Å². The molecule has 0 bridgehead atoms. The van der Waals surface area contributed by atoms with Crippen LogP contribution in [0.3, 0.4) is 0 Å². The number of nitrogens with zero attached hydrogens (tertiary/aromatic N) is 2. The second-order valence-corrected chi connectivity index (χ2v) is 7.84. The molecule has 7 heteroatoms. The molecule has 2 atom stereocenters. The minimum atomic E-state index is -0.422. The third-order valence-electron chi connectivity index (χ3n) is 5.37. The number of halogens is 1. The van der Waals surface area contributed by atoms with Gasteiger partial charge in [-0.1, -0.05) is 28.9 Å². The molecular formula is C24H21ClN2O4. The lowest BCUT2D eigenvalue weighted by Crippen LogP contribution is -2.07. The summed E-state index contributed by atoms with van der Waals surface area (Å²) in [5.41, 5.74) is 3.95. The van der Waals surface area contributed by atoms with Gasteiger partial charge in [0.05, 0.1) is 17.7 Å². The van der Waals surface area contributed by atoms with Crippen LogP contribution in [0.25, 0.3) is 0 Å². The van der Waals surface area contributed by atoms with Gasteiger partial charge in [-0.25, -0.2) is 0 Å². The molecule has 0 saturated heterocycles. The average molecular weight is 437 g/mol. The maximum Gasteiger partial charge on any atom is 0.269 e. The molecule has 1 aliphatic rings. The number of nitro groups is 1. The summed E-state index contributed by atoms with van der Waals surface area (Å²) in [6.45, 7) is 0.232. The van der Waals surface area contributed by atoms with Gasteiger partial charge in [-0.3, -0.25) is 10.1 Å². The van der Waals surface area contributed by atoms with E-state index in [1.807, 2.05) is 36.4 Å². The molecule has 0 heterocycles. The Bertz CT molecular complexity index is 1080. The van der Waals surface area contributed by atoms with Crippen LogP contribution in [0.1, 0.15) is 29.0 Å². The van der Waals surface area contributed by atoms with E-state index < -0.39 is 4.92 Å². The molecule has 0 N–H and O–H groups in total. The van der Waals surface area contributed by atoms with Crippen molar-refractivity contribution >= 4 is 23.0 Å². The molecule has 1 fully saturated rings. The molecule has 6 nitrogen and oxygen atoms in total. The third kappa shape index (κ3) is 5.03. The topological polar surface area (TPSA) is 74.0 Å². The lowest BCUT2D eigenvalue weighted by molar-refractivity contribution is -0.384. The van der Waals surface area contributed by atoms with Gasteiger partial charge in [-0.05, 0) is 77.6 Å². The van der Waals surface area contributed by atoms with Gasteiger partial charge in [0.1, 0.15) is 12.4 Å². The second kappa shape index (κ2) is 9.18. The van der Waals surface area contributed by atoms with E-state index in [4.69, 9.17) is 21.2 Å². The number of ether oxygens (including phenoxy) is 1. The van der Waals surface area contributed by atoms with Crippen LogP contribution in [0.2, 0.25) is 5.02 Å². The fourth-order valence-electron chi connectivity index (χ4n) is 3.56. The van der Waals surface area contributed by atoms with Gasteiger partial charge in [0.2, 0.25) is 0 Å². The summed E-state index contributed by atoms with van der Waals surface area (Å²) in [4.78, 5) is 16.0. The molecule has 0 amide bonds. The normalized spacial score (nSPS) is 17.8. The molecule has 4 rings (SSSR count). The van der Waals surface area contributed by atoms with E-state index in [1.54, 1.807) is 19.2 Å². The van der Waals surface area contributed by atoms with Crippen molar-refractivity contribution in [3.05, 3.63) is 105 Å². The van der Waals surface area contributed by atoms with E-state index in [9.17, 15) is 10.1 Å². The van der Waals surface area contributed by atoms with E-state index in [0.29, 0.717) is 5.92 Å². The Kier molecular flexibility index (Phi) is 6.18. The first-order valence-electron chi connectivity index (χ1n) is 9.88. The second-order valence-electron chi connectivity index (χ2n) is 7.40. The Labute approximate surface area is 185 Å². The van der Waals surface area contributed by atoms with Crippen molar-refractivity contribution in [2.75, 3.05) is 7.11 Å². The summed E-state index contributed by atoms with van der Waals surface area (Å²) in [6, 6.07) is 21.9. The third-order valence-corrected chi connectivity index (χ3v) is 5.62. The SMILES string of the molecule is COc1ccc(/C(=N/OCc2ccc([N+](=O)[O-])cc2)[C@@H]2C[C@@H]2c2ccc(Cl)cc2)cc1. The van der Waals surface area contributed by atoms with Crippen molar-refractivity contribution < 1.29 is 14.5 Å². The Morgan fingerprint density at radius 1 is 1.06 bits per heavy atom. The predicted octanol–water partition coefficient (Wildman–Crippen LogP) is 5.98. The molecule has 0 aromatic heterocycles. The van der Waals surface area contributed by atoms with E-state index in [1.165, 1.54) is 17.7 Å². The first-order chi connectivity index (χ1) is 15.0. The van der Waals surface area contributed by atoms with Crippen LogP contribution in [0, 0.1) is 16.0 Å². The zero-order valence-electron chi connectivity index (χ0n) is 16.9. The minimum absolute atomic E-state index is 0.0509. The van der Waals surface area contributed by atoms with Gasteiger partial charge in [-0.2, -0.15) is 0 Å². The standard InChI is InChI=1S/C24H21ClN2O4/c1-30-21-12-6-18(7-13-21)24(23-14-22(23)17-4-8-19(25)9-5-17)26-31-15-16-2-10-20(11-3-16)27(28)29/h2-13,22-23H,14-15H2,1H3/b26-24-/t22-,23-/m1/s1. The van der Waals surface area contributed by atoms with Crippen molar-refractivity contribution in [2.24, 2.45) is 11.1 Å². The van der Waals surface area contributed by atoms with Crippen molar-refractivity contribution in [2.45, 2.75) is 18.9 Å². The zero-order valence-corrected chi connectivity index (χ0v) is 17.7. The van der Waals surface area contributed by atoms with Crippen LogP contribution in [-0.2, 0) is 11.4 Å². The van der Waals surface area contributed by atoms with Gasteiger partial charge in [-0.15, -0.1) is 0 Å². The molecule has 0 unspecified atom stereocenters. The van der Waals surface area contributed by atoms with Crippen LogP contribution >= 0.6 is 11.6 Å². The molecule has 31 heavy (non-hydrogen) atoms. The minimum Gasteiger partial charge on any atom is -0.497 e. The number of benzene rings is 3. The highest BCUT2D eigenvalue weighted by molar-refractivity contribution is 6.30. The largest absolute Gasteiger partial charge is 0.497 e. The molecule has 0 radical (unpaired) electrons. The Morgan fingerprint density at radius 2 is 1.74 bits per heavy atom. The van der Waals surface area contributed by atoms with Crippen molar-refractivity contribution in [1.82, 2.24) is 0 Å². The monoisotopic (exact) mass is 436 g/mol. The maximum atomic E-state index is 10.8. The number of rotatable bonds is 8. The highest BCUT2D eigenvalue weighted by atomic mass is 35.5. The molecule has 1 aliphatic carbocycles. The zero-order chi connectivity index (χ0) is 21.8. The molecular weight excluding hydrogens is 416 g/mol. The van der Waals surface area contributed by atoms with Crippen molar-refractivity contribution in [3.63, 3.8) is 0 Å². The fourth-order valence-corrected chi connectivity index (χ4v) is 3.69. The van der Waals surface area contributed by atoms with E-state index in [0.717, 1.165) is 34.0 Å². The number of hydrogen-bond donors (Lipinski definition) is 0. The van der Waals surface area contributed by atoms with Crippen LogP contribution in [-0.4, -0.2) is 17.7 Å². The van der Waals surface area contributed by atoms with Gasteiger partial charge < -0.3 is 9.57 Å². The smallest absolute Gasteiger partial charge is 0.269 e. The Balaban J connectivity index is 1.52. The first-order valence-corrected chi connectivity index (χ1v) is 10.3. The van der Waals surface area contributed by atoms with E-state index >= 15 is 0 Å². The number of oxime groups is 1. The molecule has 0 spiro atoms.